The molecule has 128 valence electrons. The molecule has 1 fully saturated rings. The molecular weight excluding hydrogens is 292 g/mol. The van der Waals surface area contributed by atoms with Crippen LogP contribution in [-0.4, -0.2) is 49.4 Å². The number of ether oxygens (including phenoxy) is 2. The van der Waals surface area contributed by atoms with Crippen LogP contribution in [0.2, 0.25) is 0 Å². The number of anilines is 1. The zero-order valence-corrected chi connectivity index (χ0v) is 14.7. The average molecular weight is 320 g/mol. The molecule has 0 aliphatic carbocycles. The van der Waals surface area contributed by atoms with Crippen molar-refractivity contribution in [1.82, 2.24) is 4.90 Å². The van der Waals surface area contributed by atoms with Gasteiger partial charge in [-0.3, -0.25) is 0 Å². The Hall–Kier alpha value is -1.91. The van der Waals surface area contributed by atoms with E-state index in [4.69, 9.17) is 9.47 Å². The molecule has 1 saturated heterocycles. The lowest BCUT2D eigenvalue weighted by Crippen LogP contribution is -2.50. The molecule has 1 aliphatic rings. The molecule has 1 heterocycles. The quantitative estimate of drug-likeness (QED) is 0.851. The third-order valence-electron chi connectivity index (χ3n) is 3.60. The number of carbonyl (C=O) groups is 1. The molecule has 0 aromatic heterocycles. The summed E-state index contributed by atoms with van der Waals surface area (Å²) in [5.41, 5.74) is 0.652. The second-order valence-corrected chi connectivity index (χ2v) is 6.77. The van der Waals surface area contributed by atoms with E-state index in [9.17, 15) is 4.79 Å². The lowest BCUT2D eigenvalue weighted by Gasteiger charge is -2.37. The van der Waals surface area contributed by atoms with E-state index in [0.29, 0.717) is 13.1 Å². The molecule has 1 aromatic rings. The summed E-state index contributed by atoms with van der Waals surface area (Å²) in [6.07, 6.45) is 0.758. The third-order valence-corrected chi connectivity index (χ3v) is 3.60. The van der Waals surface area contributed by atoms with Crippen LogP contribution < -0.4 is 9.64 Å². The van der Waals surface area contributed by atoms with Crippen molar-refractivity contribution in [2.45, 2.75) is 39.7 Å². The van der Waals surface area contributed by atoms with Gasteiger partial charge in [-0.25, -0.2) is 4.79 Å². The smallest absolute Gasteiger partial charge is 0.410 e. The minimum Gasteiger partial charge on any atom is -0.491 e. The highest BCUT2D eigenvalue weighted by atomic mass is 16.6. The van der Waals surface area contributed by atoms with Crippen molar-refractivity contribution >= 4 is 11.8 Å². The lowest BCUT2D eigenvalue weighted by atomic mass is 10.2. The van der Waals surface area contributed by atoms with Gasteiger partial charge in [-0.05, 0) is 39.3 Å². The summed E-state index contributed by atoms with van der Waals surface area (Å²) in [6, 6.07) is 8.10. The predicted molar refractivity (Wildman–Crippen MR) is 92.2 cm³/mol. The largest absolute Gasteiger partial charge is 0.491 e. The summed E-state index contributed by atoms with van der Waals surface area (Å²) in [6.45, 7) is 11.4. The summed E-state index contributed by atoms with van der Waals surface area (Å²) in [7, 11) is 0. The minimum absolute atomic E-state index is 0.229. The van der Waals surface area contributed by atoms with Gasteiger partial charge in [0.2, 0.25) is 0 Å². The van der Waals surface area contributed by atoms with E-state index < -0.39 is 5.60 Å². The second-order valence-electron chi connectivity index (χ2n) is 6.77. The van der Waals surface area contributed by atoms with Crippen LogP contribution in [0.3, 0.4) is 0 Å². The lowest BCUT2D eigenvalue weighted by molar-refractivity contribution is 0.0240. The van der Waals surface area contributed by atoms with Gasteiger partial charge >= 0.3 is 6.09 Å². The first-order valence-corrected chi connectivity index (χ1v) is 8.35. The Kier molecular flexibility index (Phi) is 5.74. The molecule has 0 N–H and O–H groups in total. The molecule has 2 rings (SSSR count). The molecule has 5 nitrogen and oxygen atoms in total. The van der Waals surface area contributed by atoms with Crippen molar-refractivity contribution in [1.29, 1.82) is 0 Å². The zero-order valence-electron chi connectivity index (χ0n) is 14.7. The molecule has 0 spiro atoms. The molecule has 5 heteroatoms. The molecule has 0 saturated carbocycles. The zero-order chi connectivity index (χ0) is 16.9. The van der Waals surface area contributed by atoms with E-state index in [1.165, 1.54) is 0 Å². The number of para-hydroxylation sites is 2. The number of amides is 1. The molecular formula is C18H28N2O3. The topological polar surface area (TPSA) is 42.0 Å². The van der Waals surface area contributed by atoms with Crippen molar-refractivity contribution in [2.24, 2.45) is 0 Å². The number of hydrogen-bond acceptors (Lipinski definition) is 4. The van der Waals surface area contributed by atoms with Crippen molar-refractivity contribution in [3.8, 4) is 5.75 Å². The summed E-state index contributed by atoms with van der Waals surface area (Å²) in [5, 5.41) is 0. The Morgan fingerprint density at radius 1 is 1.13 bits per heavy atom. The van der Waals surface area contributed by atoms with Gasteiger partial charge < -0.3 is 19.3 Å². The first-order valence-electron chi connectivity index (χ1n) is 8.35. The van der Waals surface area contributed by atoms with Gasteiger partial charge in [-0.1, -0.05) is 19.1 Å². The van der Waals surface area contributed by atoms with Crippen molar-refractivity contribution in [3.05, 3.63) is 24.3 Å². The SMILES string of the molecule is CCCOc1ccccc1N1CCN(C(=O)OC(C)(C)C)CC1. The fourth-order valence-electron chi connectivity index (χ4n) is 2.51. The summed E-state index contributed by atoms with van der Waals surface area (Å²) >= 11 is 0. The number of benzene rings is 1. The van der Waals surface area contributed by atoms with Gasteiger partial charge in [0.05, 0.1) is 12.3 Å². The maximum absolute atomic E-state index is 12.1. The van der Waals surface area contributed by atoms with Crippen molar-refractivity contribution < 1.29 is 14.3 Å². The fraction of sp³-hybridized carbons (Fsp3) is 0.611. The predicted octanol–water partition coefficient (Wildman–Crippen LogP) is 3.53. The van der Waals surface area contributed by atoms with E-state index in [-0.39, 0.29) is 6.09 Å². The number of hydrogen-bond donors (Lipinski definition) is 0. The second kappa shape index (κ2) is 7.57. The highest BCUT2D eigenvalue weighted by Crippen LogP contribution is 2.29. The van der Waals surface area contributed by atoms with E-state index in [1.807, 2.05) is 39.0 Å². The molecule has 1 aromatic carbocycles. The molecule has 0 radical (unpaired) electrons. The van der Waals surface area contributed by atoms with Crippen molar-refractivity contribution in [3.63, 3.8) is 0 Å². The first-order chi connectivity index (χ1) is 10.9. The van der Waals surface area contributed by atoms with Gasteiger partial charge in [-0.2, -0.15) is 0 Å². The van der Waals surface area contributed by atoms with Crippen LogP contribution in [0.25, 0.3) is 0 Å². The van der Waals surface area contributed by atoms with Crippen LogP contribution in [-0.2, 0) is 4.74 Å². The normalized spacial score (nSPS) is 15.5. The van der Waals surface area contributed by atoms with Gasteiger partial charge in [0, 0.05) is 26.2 Å². The third kappa shape index (κ3) is 5.05. The summed E-state index contributed by atoms with van der Waals surface area (Å²) in [5.74, 6) is 0.917. The molecule has 23 heavy (non-hydrogen) atoms. The minimum atomic E-state index is -0.450. The van der Waals surface area contributed by atoms with Crippen LogP contribution in [0.5, 0.6) is 5.75 Å². The van der Waals surface area contributed by atoms with E-state index in [0.717, 1.165) is 37.6 Å². The first kappa shape index (κ1) is 17.4. The van der Waals surface area contributed by atoms with Gasteiger partial charge in [-0.15, -0.1) is 0 Å². The monoisotopic (exact) mass is 320 g/mol. The Labute approximate surface area is 139 Å². The molecule has 1 amide bonds. The Morgan fingerprint density at radius 2 is 1.78 bits per heavy atom. The summed E-state index contributed by atoms with van der Waals surface area (Å²) in [4.78, 5) is 16.2. The van der Waals surface area contributed by atoms with Crippen LogP contribution >= 0.6 is 0 Å². The maximum atomic E-state index is 12.1. The van der Waals surface area contributed by atoms with Crippen LogP contribution in [0.4, 0.5) is 10.5 Å². The highest BCUT2D eigenvalue weighted by molar-refractivity contribution is 5.69. The molecule has 0 unspecified atom stereocenters. The Morgan fingerprint density at radius 3 is 2.39 bits per heavy atom. The number of piperazine rings is 1. The molecule has 1 aliphatic heterocycles. The molecule has 0 atom stereocenters. The Bertz CT molecular complexity index is 517. The van der Waals surface area contributed by atoms with Gasteiger partial charge in [0.25, 0.3) is 0 Å². The van der Waals surface area contributed by atoms with E-state index in [2.05, 4.69) is 17.9 Å². The van der Waals surface area contributed by atoms with E-state index >= 15 is 0 Å². The van der Waals surface area contributed by atoms with Crippen LogP contribution in [0, 0.1) is 0 Å². The van der Waals surface area contributed by atoms with Crippen molar-refractivity contribution in [2.75, 3.05) is 37.7 Å². The van der Waals surface area contributed by atoms with Crippen LogP contribution in [0.15, 0.2) is 24.3 Å². The number of carbonyl (C=O) groups excluding carboxylic acids is 1. The van der Waals surface area contributed by atoms with E-state index in [1.54, 1.807) is 4.90 Å². The van der Waals surface area contributed by atoms with Crippen LogP contribution in [0.1, 0.15) is 34.1 Å². The average Bonchev–Trinajstić information content (AvgIpc) is 2.52. The molecule has 0 bridgehead atoms. The summed E-state index contributed by atoms with van der Waals surface area (Å²) < 4.78 is 11.3. The standard InChI is InChI=1S/C18H28N2O3/c1-5-14-22-16-9-7-6-8-15(16)19-10-12-20(13-11-19)17(21)23-18(2,3)4/h6-9H,5,10-14H2,1-4H3. The maximum Gasteiger partial charge on any atom is 0.410 e. The van der Waals surface area contributed by atoms with Gasteiger partial charge in [0.1, 0.15) is 11.4 Å². The fourth-order valence-corrected chi connectivity index (χ4v) is 2.51. The number of nitrogens with zero attached hydrogens (tertiary/aromatic N) is 2. The highest BCUT2D eigenvalue weighted by Gasteiger charge is 2.26. The number of rotatable bonds is 4. The van der Waals surface area contributed by atoms with Gasteiger partial charge in [0.15, 0.2) is 0 Å². The Balaban J connectivity index is 1.95.